The lowest BCUT2D eigenvalue weighted by molar-refractivity contribution is 0.472. The summed E-state index contributed by atoms with van der Waals surface area (Å²) in [6.07, 6.45) is 4.39. The number of imidazole rings is 1. The van der Waals surface area contributed by atoms with Gasteiger partial charge in [0.2, 0.25) is 0 Å². The van der Waals surface area contributed by atoms with Gasteiger partial charge in [0.25, 0.3) is 0 Å². The molecule has 0 aromatic carbocycles. The minimum absolute atomic E-state index is 0.413. The molecule has 0 N–H and O–H groups in total. The molecule has 1 atom stereocenters. The first kappa shape index (κ1) is 9.97. The van der Waals surface area contributed by atoms with E-state index < -0.39 is 0 Å². The zero-order chi connectivity index (χ0) is 11.1. The molecule has 0 fully saturated rings. The van der Waals surface area contributed by atoms with Crippen molar-refractivity contribution in [3.63, 3.8) is 0 Å². The molecule has 1 unspecified atom stereocenters. The number of furan rings is 1. The predicted molar refractivity (Wildman–Crippen MR) is 62.6 cm³/mol. The van der Waals surface area contributed by atoms with Crippen LogP contribution in [0.1, 0.15) is 31.4 Å². The van der Waals surface area contributed by atoms with Gasteiger partial charge in [-0.2, -0.15) is 0 Å². The fraction of sp³-hybridized carbons (Fsp3) is 0.417. The van der Waals surface area contributed by atoms with Crippen molar-refractivity contribution >= 4 is 11.6 Å². The van der Waals surface area contributed by atoms with E-state index in [1.165, 1.54) is 18.5 Å². The van der Waals surface area contributed by atoms with Gasteiger partial charge in [0.1, 0.15) is 0 Å². The number of hydrogen-bond donors (Lipinski definition) is 0. The first-order valence-electron chi connectivity index (χ1n) is 5.57. The van der Waals surface area contributed by atoms with Gasteiger partial charge >= 0.3 is 0 Å². The van der Waals surface area contributed by atoms with Gasteiger partial charge in [0.05, 0.1) is 0 Å². The Hall–Kier alpha value is -1.22. The Bertz CT molecular complexity index is 515. The van der Waals surface area contributed by atoms with Gasteiger partial charge in [0.15, 0.2) is 16.8 Å². The Morgan fingerprint density at radius 2 is 2.38 bits per heavy atom. The predicted octanol–water partition coefficient (Wildman–Crippen LogP) is 3.69. The van der Waals surface area contributed by atoms with Crippen molar-refractivity contribution in [3.05, 3.63) is 29.2 Å². The summed E-state index contributed by atoms with van der Waals surface area (Å²) < 4.78 is 7.65. The van der Waals surface area contributed by atoms with Crippen molar-refractivity contribution in [3.8, 4) is 11.6 Å². The topological polar surface area (TPSA) is 31.0 Å². The molecule has 0 aliphatic carbocycles. The van der Waals surface area contributed by atoms with E-state index in [1.54, 1.807) is 6.07 Å². The SMILES string of the molecule is CC1CCCn2c1cnc2-c1ccc(Cl)o1. The van der Waals surface area contributed by atoms with Gasteiger partial charge < -0.3 is 8.98 Å². The van der Waals surface area contributed by atoms with E-state index in [0.717, 1.165) is 18.1 Å². The quantitative estimate of drug-likeness (QED) is 0.756. The van der Waals surface area contributed by atoms with E-state index in [4.69, 9.17) is 16.0 Å². The first-order chi connectivity index (χ1) is 7.75. The Kier molecular flexibility index (Phi) is 2.28. The molecule has 3 heterocycles. The zero-order valence-corrected chi connectivity index (χ0v) is 9.87. The van der Waals surface area contributed by atoms with Crippen molar-refractivity contribution in [2.75, 3.05) is 0 Å². The first-order valence-corrected chi connectivity index (χ1v) is 5.94. The highest BCUT2D eigenvalue weighted by Crippen LogP contribution is 2.32. The lowest BCUT2D eigenvalue weighted by Crippen LogP contribution is -2.13. The van der Waals surface area contributed by atoms with Crippen LogP contribution < -0.4 is 0 Å². The molecule has 1 aliphatic rings. The Labute approximate surface area is 99.0 Å². The summed E-state index contributed by atoms with van der Waals surface area (Å²) in [5, 5.41) is 0.413. The molecule has 0 saturated carbocycles. The number of nitrogens with zero attached hydrogens (tertiary/aromatic N) is 2. The highest BCUT2D eigenvalue weighted by atomic mass is 35.5. The lowest BCUT2D eigenvalue weighted by Gasteiger charge is -2.21. The highest BCUT2D eigenvalue weighted by Gasteiger charge is 2.21. The van der Waals surface area contributed by atoms with E-state index >= 15 is 0 Å². The van der Waals surface area contributed by atoms with Crippen molar-refractivity contribution in [1.82, 2.24) is 9.55 Å². The van der Waals surface area contributed by atoms with Crippen molar-refractivity contribution in [2.45, 2.75) is 32.2 Å². The van der Waals surface area contributed by atoms with Crippen LogP contribution in [0.4, 0.5) is 0 Å². The van der Waals surface area contributed by atoms with Gasteiger partial charge in [-0.3, -0.25) is 0 Å². The van der Waals surface area contributed by atoms with E-state index in [1.807, 2.05) is 12.3 Å². The average molecular weight is 237 g/mol. The molecule has 84 valence electrons. The van der Waals surface area contributed by atoms with Gasteiger partial charge in [0, 0.05) is 18.4 Å². The third-order valence-corrected chi connectivity index (χ3v) is 3.41. The summed E-state index contributed by atoms with van der Waals surface area (Å²) in [5.41, 5.74) is 1.30. The van der Waals surface area contributed by atoms with Crippen molar-refractivity contribution in [2.24, 2.45) is 0 Å². The maximum absolute atomic E-state index is 5.79. The highest BCUT2D eigenvalue weighted by molar-refractivity contribution is 6.28. The minimum Gasteiger partial charge on any atom is -0.441 e. The van der Waals surface area contributed by atoms with Crippen LogP contribution >= 0.6 is 11.6 Å². The Balaban J connectivity index is 2.09. The molecular formula is C12H13ClN2O. The largest absolute Gasteiger partial charge is 0.441 e. The van der Waals surface area contributed by atoms with E-state index in [-0.39, 0.29) is 0 Å². The van der Waals surface area contributed by atoms with Crippen LogP contribution in [-0.2, 0) is 6.54 Å². The maximum Gasteiger partial charge on any atom is 0.194 e. The van der Waals surface area contributed by atoms with Crippen LogP contribution in [0, 0.1) is 0 Å². The molecule has 2 aromatic rings. The smallest absolute Gasteiger partial charge is 0.194 e. The fourth-order valence-electron chi connectivity index (χ4n) is 2.35. The molecule has 1 aliphatic heterocycles. The van der Waals surface area contributed by atoms with Crippen LogP contribution in [0.25, 0.3) is 11.6 Å². The van der Waals surface area contributed by atoms with Gasteiger partial charge in [-0.1, -0.05) is 6.92 Å². The summed E-state index contributed by atoms with van der Waals surface area (Å²) in [6, 6.07) is 3.63. The van der Waals surface area contributed by atoms with Gasteiger partial charge in [-0.05, 0) is 42.5 Å². The monoisotopic (exact) mass is 236 g/mol. The van der Waals surface area contributed by atoms with Crippen LogP contribution in [0.3, 0.4) is 0 Å². The number of hydrogen-bond acceptors (Lipinski definition) is 2. The molecule has 2 aromatic heterocycles. The standard InChI is InChI=1S/C12H13ClN2O/c1-8-3-2-6-15-9(8)7-14-12(15)10-4-5-11(13)16-10/h4-5,7-8H,2-3,6H2,1H3. The Morgan fingerprint density at radius 3 is 3.12 bits per heavy atom. The second-order valence-corrected chi connectivity index (χ2v) is 4.68. The molecule has 3 rings (SSSR count). The normalized spacial score (nSPS) is 19.8. The molecule has 0 bridgehead atoms. The zero-order valence-electron chi connectivity index (χ0n) is 9.11. The lowest BCUT2D eigenvalue weighted by atomic mass is 9.99. The molecule has 16 heavy (non-hydrogen) atoms. The van der Waals surface area contributed by atoms with Crippen LogP contribution in [0.15, 0.2) is 22.7 Å². The van der Waals surface area contributed by atoms with Crippen LogP contribution in [-0.4, -0.2) is 9.55 Å². The Morgan fingerprint density at radius 1 is 1.50 bits per heavy atom. The third kappa shape index (κ3) is 1.47. The van der Waals surface area contributed by atoms with E-state index in [9.17, 15) is 0 Å². The molecule has 0 spiro atoms. The number of aromatic nitrogens is 2. The van der Waals surface area contributed by atoms with Crippen LogP contribution in [0.2, 0.25) is 5.22 Å². The molecule has 0 radical (unpaired) electrons. The van der Waals surface area contributed by atoms with Crippen molar-refractivity contribution in [1.29, 1.82) is 0 Å². The summed E-state index contributed by atoms with van der Waals surface area (Å²) in [4.78, 5) is 4.44. The van der Waals surface area contributed by atoms with Gasteiger partial charge in [-0.15, -0.1) is 0 Å². The minimum atomic E-state index is 0.413. The summed E-state index contributed by atoms with van der Waals surface area (Å²) >= 11 is 5.79. The summed E-state index contributed by atoms with van der Waals surface area (Å²) in [7, 11) is 0. The summed E-state index contributed by atoms with van der Waals surface area (Å²) in [6.45, 7) is 3.26. The third-order valence-electron chi connectivity index (χ3n) is 3.20. The van der Waals surface area contributed by atoms with Gasteiger partial charge in [-0.25, -0.2) is 4.98 Å². The number of rotatable bonds is 1. The maximum atomic E-state index is 5.79. The van der Waals surface area contributed by atoms with E-state index in [0.29, 0.717) is 11.1 Å². The van der Waals surface area contributed by atoms with E-state index in [2.05, 4.69) is 16.5 Å². The summed E-state index contributed by atoms with van der Waals surface area (Å²) in [5.74, 6) is 2.24. The second-order valence-electron chi connectivity index (χ2n) is 4.31. The molecular weight excluding hydrogens is 224 g/mol. The number of halogens is 1. The van der Waals surface area contributed by atoms with Crippen LogP contribution in [0.5, 0.6) is 0 Å². The second kappa shape index (κ2) is 3.67. The molecule has 3 nitrogen and oxygen atoms in total. The molecule has 4 heteroatoms. The fourth-order valence-corrected chi connectivity index (χ4v) is 2.50. The number of fused-ring (bicyclic) bond motifs is 1. The average Bonchev–Trinajstić information content (AvgIpc) is 2.84. The molecule has 0 amide bonds. The molecule has 0 saturated heterocycles. The van der Waals surface area contributed by atoms with Crippen molar-refractivity contribution < 1.29 is 4.42 Å².